The second kappa shape index (κ2) is 51.6. The fourth-order valence-corrected chi connectivity index (χ4v) is 0.962. The van der Waals surface area contributed by atoms with E-state index in [1.807, 2.05) is 137 Å². The SMILES string of the molecule is C=CC[PH3+].C=CC[PH3+].C=CC[PH3+].[Ni].[Ni].[Ni].[cH-]1[cH-][cH-][cH-][cH-]1.c1cc[cH-]c1.c1cc[cH-]c1. The Balaban J connectivity index is -0.0000000568. The van der Waals surface area contributed by atoms with Crippen LogP contribution in [-0.4, -0.2) is 18.5 Å². The van der Waals surface area contributed by atoms with Gasteiger partial charge in [0.1, 0.15) is 0 Å². The number of allylic oxidation sites excluding steroid dienone is 3. The van der Waals surface area contributed by atoms with Gasteiger partial charge in [0, 0.05) is 49.5 Å². The van der Waals surface area contributed by atoms with Crippen molar-refractivity contribution in [2.24, 2.45) is 0 Å². The van der Waals surface area contributed by atoms with Crippen molar-refractivity contribution in [1.82, 2.24) is 0 Å². The van der Waals surface area contributed by atoms with E-state index >= 15 is 0 Å². The first-order valence-electron chi connectivity index (χ1n) is 8.95. The molecule has 6 heteroatoms. The van der Waals surface area contributed by atoms with Crippen molar-refractivity contribution in [3.8, 4) is 0 Å². The predicted octanol–water partition coefficient (Wildman–Crippen LogP) is 6.55. The summed E-state index contributed by atoms with van der Waals surface area (Å²) in [6.07, 6.45) is 9.00. The maximum atomic E-state index is 3.49. The molecule has 0 fully saturated rings. The van der Waals surface area contributed by atoms with Crippen LogP contribution < -0.4 is 0 Å². The molecule has 0 saturated carbocycles. The fourth-order valence-electron chi connectivity index (χ4n) is 0.962. The summed E-state index contributed by atoms with van der Waals surface area (Å²) < 4.78 is 0. The van der Waals surface area contributed by atoms with E-state index < -0.39 is 0 Å². The average Bonchev–Trinajstić information content (AvgIpc) is 3.54. The van der Waals surface area contributed by atoms with Crippen LogP contribution in [0.1, 0.15) is 0 Å². The zero-order chi connectivity index (χ0) is 20.8. The maximum absolute atomic E-state index is 3.49. The van der Waals surface area contributed by atoms with Crippen LogP contribution >= 0.6 is 27.7 Å². The first-order valence-corrected chi connectivity index (χ1v) is 11.9. The Hall–Kier alpha value is 0.0405. The van der Waals surface area contributed by atoms with Crippen LogP contribution in [0, 0.1) is 0 Å². The van der Waals surface area contributed by atoms with Crippen molar-refractivity contribution >= 4 is 27.7 Å². The van der Waals surface area contributed by atoms with Crippen LogP contribution in [0.4, 0.5) is 0 Å². The molecule has 0 heterocycles. The minimum absolute atomic E-state index is 0. The molecule has 0 spiro atoms. The summed E-state index contributed by atoms with van der Waals surface area (Å²) in [5.41, 5.74) is 0. The van der Waals surface area contributed by atoms with E-state index in [0.29, 0.717) is 0 Å². The second-order valence-electron chi connectivity index (χ2n) is 4.62. The predicted molar refractivity (Wildman–Crippen MR) is 145 cm³/mol. The van der Waals surface area contributed by atoms with E-state index in [0.717, 1.165) is 18.5 Å². The molecule has 0 saturated heterocycles. The summed E-state index contributed by atoms with van der Waals surface area (Å²) in [6.45, 7) is 10.5. The molecule has 0 radical (unpaired) electrons. The van der Waals surface area contributed by atoms with Crippen molar-refractivity contribution in [3.05, 3.63) is 129 Å². The van der Waals surface area contributed by atoms with E-state index in [4.69, 9.17) is 0 Å². The molecule has 0 bridgehead atoms. The molecule has 0 N–H and O–H groups in total. The average molecular weight is 597 g/mol. The van der Waals surface area contributed by atoms with Crippen molar-refractivity contribution in [3.63, 3.8) is 0 Å². The van der Waals surface area contributed by atoms with Gasteiger partial charge >= 0.3 is 0 Å². The Morgan fingerprint density at radius 1 is 0.500 bits per heavy atom. The van der Waals surface area contributed by atoms with Crippen LogP contribution in [0.25, 0.3) is 0 Å². The van der Waals surface area contributed by atoms with E-state index in [9.17, 15) is 0 Å². The van der Waals surface area contributed by atoms with E-state index in [-0.39, 0.29) is 49.5 Å². The Morgan fingerprint density at radius 3 is 0.733 bits per heavy atom. The van der Waals surface area contributed by atoms with Crippen LogP contribution in [0.5, 0.6) is 0 Å². The van der Waals surface area contributed by atoms with E-state index in [2.05, 4.69) is 19.7 Å². The number of hydrogen-bond donors (Lipinski definition) is 0. The van der Waals surface area contributed by atoms with Crippen molar-refractivity contribution in [1.29, 1.82) is 0 Å². The molecule has 0 aliphatic rings. The first kappa shape index (κ1) is 43.8. The molecular weight excluding hydrogens is 557 g/mol. The Morgan fingerprint density at radius 2 is 0.667 bits per heavy atom. The number of rotatable bonds is 3. The molecule has 0 nitrogen and oxygen atoms in total. The molecule has 0 amide bonds. The van der Waals surface area contributed by atoms with Gasteiger partial charge in [-0.1, -0.05) is 38.0 Å². The van der Waals surface area contributed by atoms with Gasteiger partial charge in [0.25, 0.3) is 0 Å². The molecule has 0 aromatic heterocycles. The molecule has 3 aromatic carbocycles. The molecule has 3 aromatic rings. The molecule has 3 rings (SSSR count). The molecule has 0 aliphatic carbocycles. The quantitative estimate of drug-likeness (QED) is 0.139. The normalized spacial score (nSPS) is 6.80. The minimum atomic E-state index is 0. The van der Waals surface area contributed by atoms with Gasteiger partial charge < -0.3 is 30.3 Å². The van der Waals surface area contributed by atoms with Gasteiger partial charge in [-0.15, -0.1) is 0 Å². The molecule has 30 heavy (non-hydrogen) atoms. The zero-order valence-corrected chi connectivity index (χ0v) is 24.9. The fraction of sp³-hybridized carbons (Fsp3) is 0.125. The molecular formula is C24H39Ni3P3-4. The largest absolute Gasteiger partial charge is 0.748 e. The summed E-state index contributed by atoms with van der Waals surface area (Å²) in [5, 5.41) is 0. The van der Waals surface area contributed by atoms with E-state index in [1.54, 1.807) is 0 Å². The minimum Gasteiger partial charge on any atom is -0.748 e. The Kier molecular flexibility index (Phi) is 75.4. The van der Waals surface area contributed by atoms with Crippen LogP contribution in [-0.2, 0) is 49.5 Å². The van der Waals surface area contributed by atoms with E-state index in [1.165, 1.54) is 0 Å². The summed E-state index contributed by atoms with van der Waals surface area (Å²) in [7, 11) is 5.71. The number of hydrogen-bond acceptors (Lipinski definition) is 0. The monoisotopic (exact) mass is 594 g/mol. The van der Waals surface area contributed by atoms with Gasteiger partial charge in [0.2, 0.25) is 0 Å². The van der Waals surface area contributed by atoms with Gasteiger partial charge in [0.15, 0.2) is 0 Å². The molecule has 184 valence electrons. The van der Waals surface area contributed by atoms with Gasteiger partial charge in [-0.3, -0.25) is 0 Å². The van der Waals surface area contributed by atoms with Crippen molar-refractivity contribution in [2.45, 2.75) is 0 Å². The Bertz CT molecular complexity index is 401. The maximum Gasteiger partial charge on any atom is 0.0702 e. The third-order valence-electron chi connectivity index (χ3n) is 2.28. The standard InChI is InChI=1S/3C5H5.3C3H7P.3Ni/c3*1-2-4-5-3-1;3*1-2-3-4;;;/h3*1-5H;3*2H,1,3-4H2;;;/q-5;2*-1;;;;;;/p+3. The second-order valence-corrected chi connectivity index (χ2v) is 6.35. The zero-order valence-electron chi connectivity index (χ0n) is 17.7. The van der Waals surface area contributed by atoms with Crippen molar-refractivity contribution < 1.29 is 49.5 Å². The summed E-state index contributed by atoms with van der Waals surface area (Å²) in [4.78, 5) is 0. The van der Waals surface area contributed by atoms with Gasteiger partial charge in [-0.25, -0.2) is 24.3 Å². The van der Waals surface area contributed by atoms with Crippen LogP contribution in [0.15, 0.2) is 129 Å². The molecule has 3 unspecified atom stereocenters. The van der Waals surface area contributed by atoms with Gasteiger partial charge in [-0.2, -0.15) is 36.4 Å². The first-order chi connectivity index (χ1) is 13.2. The Labute approximate surface area is 223 Å². The molecule has 3 atom stereocenters. The summed E-state index contributed by atoms with van der Waals surface area (Å²) in [6, 6.07) is 30.0. The summed E-state index contributed by atoms with van der Waals surface area (Å²) >= 11 is 0. The van der Waals surface area contributed by atoms with Crippen LogP contribution in [0.3, 0.4) is 0 Å². The third kappa shape index (κ3) is 63.0. The smallest absolute Gasteiger partial charge is 0.0702 e. The van der Waals surface area contributed by atoms with Crippen molar-refractivity contribution in [2.75, 3.05) is 18.5 Å². The summed E-state index contributed by atoms with van der Waals surface area (Å²) in [5.74, 6) is 0. The third-order valence-corrected chi connectivity index (χ3v) is 3.50. The van der Waals surface area contributed by atoms with Crippen LogP contribution in [0.2, 0.25) is 0 Å². The van der Waals surface area contributed by atoms with Gasteiger partial charge in [0.05, 0.1) is 18.5 Å². The topological polar surface area (TPSA) is 0 Å². The molecule has 0 aliphatic heterocycles. The van der Waals surface area contributed by atoms with Gasteiger partial charge in [-0.05, 0) is 27.7 Å².